The van der Waals surface area contributed by atoms with Gasteiger partial charge in [0, 0.05) is 47.5 Å². The lowest BCUT2D eigenvalue weighted by Crippen LogP contribution is -2.50. The zero-order valence-electron chi connectivity index (χ0n) is 19.7. The fourth-order valence-corrected chi connectivity index (χ4v) is 6.65. The van der Waals surface area contributed by atoms with Crippen molar-refractivity contribution in [1.29, 1.82) is 0 Å². The van der Waals surface area contributed by atoms with Gasteiger partial charge < -0.3 is 9.84 Å². The summed E-state index contributed by atoms with van der Waals surface area (Å²) in [6.45, 7) is 5.69. The Morgan fingerprint density at radius 2 is 2.06 bits per heavy atom. The Hall–Kier alpha value is -2.34. The fraction of sp³-hybridized carbons (Fsp3) is 0.542. The molecule has 5 heterocycles. The second-order valence-corrected chi connectivity index (χ2v) is 10.5. The number of ether oxygens (including phenoxy) is 1. The lowest BCUT2D eigenvalue weighted by molar-refractivity contribution is -0.135. The second-order valence-electron chi connectivity index (χ2n) is 9.43. The van der Waals surface area contributed by atoms with E-state index < -0.39 is 23.3 Å². The highest BCUT2D eigenvalue weighted by molar-refractivity contribution is 7.12. The van der Waals surface area contributed by atoms with Gasteiger partial charge in [0.1, 0.15) is 10.5 Å². The number of nitrogens with zero attached hydrogens (tertiary/aromatic N) is 5. The van der Waals surface area contributed by atoms with E-state index in [-0.39, 0.29) is 11.6 Å². The zero-order chi connectivity index (χ0) is 24.8. The number of aliphatic hydroxyl groups is 1. The van der Waals surface area contributed by atoms with Crippen molar-refractivity contribution in [1.82, 2.24) is 24.6 Å². The Morgan fingerprint density at radius 3 is 2.74 bits per heavy atom. The molecular formula is C24H28F3N5O2S. The van der Waals surface area contributed by atoms with Crippen LogP contribution < -0.4 is 0 Å². The number of piperidine rings is 1. The van der Waals surface area contributed by atoms with E-state index in [9.17, 15) is 18.3 Å². The smallest absolute Gasteiger partial charge is 0.392 e. The molecule has 0 bridgehead atoms. The van der Waals surface area contributed by atoms with Crippen LogP contribution in [0.1, 0.15) is 57.6 Å². The summed E-state index contributed by atoms with van der Waals surface area (Å²) in [5, 5.41) is 14.2. The van der Waals surface area contributed by atoms with E-state index in [1.807, 2.05) is 24.0 Å². The number of aliphatic hydroxyl groups excluding tert-OH is 1. The SMILES string of the molecule is Cc1cnc(Cn2cc(CN3CC[C@]4(C[C@@H]3C)OCCc3c4sc(C(F)(F)F)c3CO)cn2)cn1. The summed E-state index contributed by atoms with van der Waals surface area (Å²) in [6.07, 6.45) is 4.47. The molecule has 0 aromatic carbocycles. The number of aryl methyl sites for hydroxylation is 1. The van der Waals surface area contributed by atoms with Crippen molar-refractivity contribution >= 4 is 11.3 Å². The summed E-state index contributed by atoms with van der Waals surface area (Å²) in [6, 6.07) is 0.107. The molecule has 35 heavy (non-hydrogen) atoms. The summed E-state index contributed by atoms with van der Waals surface area (Å²) < 4.78 is 49.0. The van der Waals surface area contributed by atoms with Crippen LogP contribution in [0.5, 0.6) is 0 Å². The number of hydrogen-bond acceptors (Lipinski definition) is 7. The summed E-state index contributed by atoms with van der Waals surface area (Å²) in [7, 11) is 0. The fourth-order valence-electron chi connectivity index (χ4n) is 5.24. The van der Waals surface area contributed by atoms with Crippen LogP contribution in [0.3, 0.4) is 0 Å². The van der Waals surface area contributed by atoms with Gasteiger partial charge in [0.15, 0.2) is 0 Å². The minimum absolute atomic E-state index is 0.0286. The monoisotopic (exact) mass is 507 g/mol. The van der Waals surface area contributed by atoms with Gasteiger partial charge in [-0.25, -0.2) is 0 Å². The minimum Gasteiger partial charge on any atom is -0.392 e. The lowest BCUT2D eigenvalue weighted by atomic mass is 9.81. The molecule has 1 spiro atoms. The molecule has 1 saturated heterocycles. The number of thiophene rings is 1. The Balaban J connectivity index is 1.30. The first-order chi connectivity index (χ1) is 16.7. The van der Waals surface area contributed by atoms with E-state index >= 15 is 0 Å². The number of aromatic nitrogens is 4. The highest BCUT2D eigenvalue weighted by Crippen LogP contribution is 2.51. The van der Waals surface area contributed by atoms with Crippen molar-refractivity contribution < 1.29 is 23.0 Å². The Morgan fingerprint density at radius 1 is 1.23 bits per heavy atom. The maximum atomic E-state index is 13.7. The third-order valence-corrected chi connectivity index (χ3v) is 8.46. The molecular weight excluding hydrogens is 479 g/mol. The van der Waals surface area contributed by atoms with E-state index in [2.05, 4.69) is 26.9 Å². The average Bonchev–Trinajstić information content (AvgIpc) is 3.42. The Kier molecular flexibility index (Phi) is 6.45. The molecule has 2 aliphatic rings. The molecule has 0 radical (unpaired) electrons. The van der Waals surface area contributed by atoms with Crippen LogP contribution in [-0.2, 0) is 42.6 Å². The molecule has 0 aliphatic carbocycles. The molecule has 0 unspecified atom stereocenters. The molecule has 11 heteroatoms. The molecule has 2 atom stereocenters. The maximum Gasteiger partial charge on any atom is 0.425 e. The zero-order valence-corrected chi connectivity index (χ0v) is 20.5. The standard InChI is InChI=1S/C24H28F3N5O2S/c1-15-8-29-18(10-28-15)13-32-12-17(9-30-32)11-31-5-4-23(7-16(31)2)21-19(3-6-34-23)20(14-33)22(35-21)24(25,26)27/h8-10,12,16,33H,3-7,11,13-14H2,1-2H3/t16-,23+/m0/s1. The molecule has 5 rings (SSSR count). The van der Waals surface area contributed by atoms with E-state index in [4.69, 9.17) is 4.74 Å². The van der Waals surface area contributed by atoms with E-state index in [1.165, 1.54) is 0 Å². The third kappa shape index (κ3) is 4.74. The highest BCUT2D eigenvalue weighted by atomic mass is 32.1. The van der Waals surface area contributed by atoms with Crippen LogP contribution in [0, 0.1) is 6.92 Å². The number of fused-ring (bicyclic) bond motifs is 2. The summed E-state index contributed by atoms with van der Waals surface area (Å²) in [4.78, 5) is 10.9. The van der Waals surface area contributed by atoms with Crippen LogP contribution >= 0.6 is 11.3 Å². The number of likely N-dealkylation sites (tertiary alicyclic amines) is 1. The van der Waals surface area contributed by atoms with Crippen molar-refractivity contribution in [2.45, 2.75) is 70.6 Å². The number of hydrogen-bond donors (Lipinski definition) is 1. The van der Waals surface area contributed by atoms with E-state index in [1.54, 1.807) is 12.4 Å². The van der Waals surface area contributed by atoms with Crippen molar-refractivity contribution in [3.63, 3.8) is 0 Å². The van der Waals surface area contributed by atoms with Gasteiger partial charge in [-0.3, -0.25) is 19.5 Å². The van der Waals surface area contributed by atoms with Gasteiger partial charge in [-0.05, 0) is 38.7 Å². The van der Waals surface area contributed by atoms with Crippen LogP contribution in [0.2, 0.25) is 0 Å². The summed E-state index contributed by atoms with van der Waals surface area (Å²) in [5.41, 5.74) is 2.70. The predicted molar refractivity (Wildman–Crippen MR) is 124 cm³/mol. The number of alkyl halides is 3. The van der Waals surface area contributed by atoms with Gasteiger partial charge >= 0.3 is 6.18 Å². The normalized spacial score (nSPS) is 23.1. The van der Waals surface area contributed by atoms with Crippen LogP contribution in [0.25, 0.3) is 0 Å². The number of rotatable bonds is 5. The predicted octanol–water partition coefficient (Wildman–Crippen LogP) is 4.05. The first kappa shape index (κ1) is 24.4. The maximum absolute atomic E-state index is 13.7. The molecule has 0 amide bonds. The van der Waals surface area contributed by atoms with Crippen molar-refractivity contribution in [2.24, 2.45) is 0 Å². The van der Waals surface area contributed by atoms with Gasteiger partial charge in [0.05, 0.1) is 43.5 Å². The molecule has 3 aromatic heterocycles. The van der Waals surface area contributed by atoms with Gasteiger partial charge in [0.2, 0.25) is 0 Å². The quantitative estimate of drug-likeness (QED) is 0.562. The minimum atomic E-state index is -4.47. The van der Waals surface area contributed by atoms with E-state index in [0.29, 0.717) is 55.9 Å². The van der Waals surface area contributed by atoms with Crippen LogP contribution in [0.15, 0.2) is 24.8 Å². The van der Waals surface area contributed by atoms with Gasteiger partial charge in [-0.2, -0.15) is 18.3 Å². The van der Waals surface area contributed by atoms with Gasteiger partial charge in [0.25, 0.3) is 0 Å². The molecule has 188 valence electrons. The third-order valence-electron chi connectivity index (χ3n) is 6.96. The van der Waals surface area contributed by atoms with Crippen LogP contribution in [0.4, 0.5) is 13.2 Å². The first-order valence-corrected chi connectivity index (χ1v) is 12.5. The molecule has 0 saturated carbocycles. The molecule has 1 fully saturated rings. The molecule has 7 nitrogen and oxygen atoms in total. The van der Waals surface area contributed by atoms with Gasteiger partial charge in [-0.1, -0.05) is 0 Å². The average molecular weight is 508 g/mol. The molecule has 1 N–H and O–H groups in total. The number of halogens is 3. The summed E-state index contributed by atoms with van der Waals surface area (Å²) in [5.74, 6) is 0. The van der Waals surface area contributed by atoms with Crippen molar-refractivity contribution in [3.05, 3.63) is 62.6 Å². The van der Waals surface area contributed by atoms with Crippen molar-refractivity contribution in [3.8, 4) is 0 Å². The second kappa shape index (κ2) is 9.27. The van der Waals surface area contributed by atoms with Crippen LogP contribution in [-0.4, -0.2) is 48.9 Å². The topological polar surface area (TPSA) is 76.3 Å². The molecule has 3 aromatic rings. The van der Waals surface area contributed by atoms with Crippen molar-refractivity contribution in [2.75, 3.05) is 13.2 Å². The van der Waals surface area contributed by atoms with Gasteiger partial charge in [-0.15, -0.1) is 11.3 Å². The highest BCUT2D eigenvalue weighted by Gasteiger charge is 2.48. The summed E-state index contributed by atoms with van der Waals surface area (Å²) >= 11 is 0.758. The first-order valence-electron chi connectivity index (χ1n) is 11.7. The largest absolute Gasteiger partial charge is 0.425 e. The molecule has 2 aliphatic heterocycles. The Bertz CT molecular complexity index is 1190. The Labute approximate surface area is 205 Å². The lowest BCUT2D eigenvalue weighted by Gasteiger charge is -2.47. The van der Waals surface area contributed by atoms with E-state index in [0.717, 1.165) is 28.3 Å².